The summed E-state index contributed by atoms with van der Waals surface area (Å²) in [5.74, 6) is 0. The Bertz CT molecular complexity index is 267. The molecule has 0 radical (unpaired) electrons. The van der Waals surface area contributed by atoms with Crippen LogP contribution in [0.25, 0.3) is 0 Å². The Labute approximate surface area is 78.6 Å². The normalized spacial score (nSPS) is 12.0. The number of rotatable bonds is 3. The molecule has 0 aliphatic rings. The average molecular weight is 209 g/mol. The van der Waals surface area contributed by atoms with Crippen LogP contribution in [-0.4, -0.2) is 12.7 Å². The molecule has 1 aromatic rings. The molecular formula is C8H10F3NS. The molecule has 1 nitrogen and oxygen atoms in total. The van der Waals surface area contributed by atoms with Crippen molar-refractivity contribution in [3.8, 4) is 0 Å². The van der Waals surface area contributed by atoms with Crippen LogP contribution in [-0.2, 0) is 6.54 Å². The Kier molecular flexibility index (Phi) is 3.33. The van der Waals surface area contributed by atoms with Gasteiger partial charge in [0.05, 0.1) is 6.54 Å². The van der Waals surface area contributed by atoms with Crippen LogP contribution in [0.5, 0.6) is 0 Å². The molecule has 0 saturated carbocycles. The van der Waals surface area contributed by atoms with Gasteiger partial charge in [-0.1, -0.05) is 0 Å². The zero-order valence-corrected chi connectivity index (χ0v) is 7.93. The van der Waals surface area contributed by atoms with E-state index in [2.05, 4.69) is 5.32 Å². The number of hydrogen-bond donors (Lipinski definition) is 1. The molecule has 0 saturated heterocycles. The summed E-state index contributed by atoms with van der Waals surface area (Å²) in [5.41, 5.74) is 1.98. The molecule has 0 aliphatic heterocycles. The Morgan fingerprint density at radius 3 is 2.54 bits per heavy atom. The summed E-state index contributed by atoms with van der Waals surface area (Å²) in [6.45, 7) is 1.25. The van der Waals surface area contributed by atoms with E-state index in [0.717, 1.165) is 11.1 Å². The quantitative estimate of drug-likeness (QED) is 0.807. The first-order valence-electron chi connectivity index (χ1n) is 3.78. The Morgan fingerprint density at radius 2 is 2.08 bits per heavy atom. The van der Waals surface area contributed by atoms with Gasteiger partial charge in [-0.2, -0.15) is 24.5 Å². The van der Waals surface area contributed by atoms with Crippen LogP contribution in [0, 0.1) is 6.92 Å². The molecule has 0 fully saturated rings. The zero-order chi connectivity index (χ0) is 9.90. The molecule has 0 bridgehead atoms. The van der Waals surface area contributed by atoms with E-state index in [1.54, 1.807) is 0 Å². The van der Waals surface area contributed by atoms with E-state index < -0.39 is 12.7 Å². The fourth-order valence-electron chi connectivity index (χ4n) is 0.907. The van der Waals surface area contributed by atoms with Crippen molar-refractivity contribution in [1.82, 2.24) is 5.32 Å². The highest BCUT2D eigenvalue weighted by Crippen LogP contribution is 2.15. The first kappa shape index (κ1) is 10.5. The summed E-state index contributed by atoms with van der Waals surface area (Å²) in [6.07, 6.45) is -4.12. The van der Waals surface area contributed by atoms with Crippen LogP contribution in [0.4, 0.5) is 13.2 Å². The molecular weight excluding hydrogens is 199 g/mol. The molecule has 0 spiro atoms. The maximum absolute atomic E-state index is 11.7. The van der Waals surface area contributed by atoms with Gasteiger partial charge in [0.15, 0.2) is 0 Å². The molecule has 1 N–H and O–H groups in total. The van der Waals surface area contributed by atoms with Crippen LogP contribution in [0.3, 0.4) is 0 Å². The summed E-state index contributed by atoms with van der Waals surface area (Å²) in [7, 11) is 0. The van der Waals surface area contributed by atoms with Crippen LogP contribution in [0.15, 0.2) is 10.8 Å². The van der Waals surface area contributed by atoms with Crippen molar-refractivity contribution in [2.75, 3.05) is 6.54 Å². The predicted octanol–water partition coefficient (Wildman–Crippen LogP) is 2.71. The lowest BCUT2D eigenvalue weighted by Crippen LogP contribution is -2.28. The molecule has 0 aliphatic carbocycles. The second-order valence-corrected chi connectivity index (χ2v) is 3.54. The van der Waals surface area contributed by atoms with Gasteiger partial charge < -0.3 is 5.32 Å². The highest BCUT2D eigenvalue weighted by Gasteiger charge is 2.26. The van der Waals surface area contributed by atoms with E-state index in [9.17, 15) is 13.2 Å². The van der Waals surface area contributed by atoms with Crippen molar-refractivity contribution in [2.45, 2.75) is 19.6 Å². The summed E-state index contributed by atoms with van der Waals surface area (Å²) < 4.78 is 35.2. The Balaban J connectivity index is 2.32. The monoisotopic (exact) mass is 209 g/mol. The van der Waals surface area contributed by atoms with Crippen LogP contribution in [0.1, 0.15) is 11.1 Å². The summed E-state index contributed by atoms with van der Waals surface area (Å²) in [5, 5.41) is 6.13. The number of alkyl halides is 3. The lowest BCUT2D eigenvalue weighted by Gasteiger charge is -2.07. The maximum Gasteiger partial charge on any atom is 0.401 e. The molecule has 1 heterocycles. The fraction of sp³-hybridized carbons (Fsp3) is 0.500. The van der Waals surface area contributed by atoms with E-state index >= 15 is 0 Å². The first-order valence-corrected chi connectivity index (χ1v) is 4.72. The van der Waals surface area contributed by atoms with Gasteiger partial charge in [-0.05, 0) is 28.8 Å². The van der Waals surface area contributed by atoms with Crippen molar-refractivity contribution < 1.29 is 13.2 Å². The third-order valence-electron chi connectivity index (χ3n) is 1.60. The lowest BCUT2D eigenvalue weighted by molar-refractivity contribution is -0.125. The van der Waals surface area contributed by atoms with Crippen molar-refractivity contribution in [1.29, 1.82) is 0 Å². The number of nitrogens with one attached hydrogen (secondary N) is 1. The lowest BCUT2D eigenvalue weighted by atomic mass is 10.2. The van der Waals surface area contributed by atoms with Crippen molar-refractivity contribution >= 4 is 11.3 Å². The summed E-state index contributed by atoms with van der Waals surface area (Å²) >= 11 is 1.50. The molecule has 0 amide bonds. The highest BCUT2D eigenvalue weighted by atomic mass is 32.1. The van der Waals surface area contributed by atoms with Gasteiger partial charge >= 0.3 is 6.18 Å². The third kappa shape index (κ3) is 3.78. The maximum atomic E-state index is 11.7. The van der Waals surface area contributed by atoms with Gasteiger partial charge in [-0.25, -0.2) is 0 Å². The second kappa shape index (κ2) is 4.11. The minimum Gasteiger partial charge on any atom is -0.305 e. The van der Waals surface area contributed by atoms with Crippen molar-refractivity contribution in [3.63, 3.8) is 0 Å². The van der Waals surface area contributed by atoms with Crippen molar-refractivity contribution in [2.24, 2.45) is 0 Å². The van der Waals surface area contributed by atoms with Crippen LogP contribution in [0.2, 0.25) is 0 Å². The second-order valence-electron chi connectivity index (χ2n) is 2.80. The largest absolute Gasteiger partial charge is 0.401 e. The van der Waals surface area contributed by atoms with Crippen molar-refractivity contribution in [3.05, 3.63) is 21.9 Å². The van der Waals surface area contributed by atoms with Gasteiger partial charge in [-0.3, -0.25) is 0 Å². The Morgan fingerprint density at radius 1 is 1.38 bits per heavy atom. The van der Waals surface area contributed by atoms with E-state index in [-0.39, 0.29) is 6.54 Å². The fourth-order valence-corrected chi connectivity index (χ4v) is 1.76. The van der Waals surface area contributed by atoms with Gasteiger partial charge in [0.25, 0.3) is 0 Å². The minimum absolute atomic E-state index is 0.287. The molecule has 0 aromatic carbocycles. The molecule has 13 heavy (non-hydrogen) atoms. The minimum atomic E-state index is -4.12. The molecule has 1 rings (SSSR count). The standard InChI is InChI=1S/C8H10F3NS/c1-6-3-13-4-7(6)2-12-5-8(9,10)11/h3-4,12H,2,5H2,1H3. The third-order valence-corrected chi connectivity index (χ3v) is 2.51. The molecule has 0 unspecified atom stereocenters. The zero-order valence-electron chi connectivity index (χ0n) is 7.11. The van der Waals surface area contributed by atoms with E-state index in [0.29, 0.717) is 0 Å². The molecule has 0 atom stereocenters. The van der Waals surface area contributed by atoms with Crippen LogP contribution >= 0.6 is 11.3 Å². The molecule has 1 aromatic heterocycles. The SMILES string of the molecule is Cc1cscc1CNCC(F)(F)F. The number of halogens is 3. The average Bonchev–Trinajstić information content (AvgIpc) is 2.34. The summed E-state index contributed by atoms with van der Waals surface area (Å²) in [6, 6.07) is 0. The Hall–Kier alpha value is -0.550. The van der Waals surface area contributed by atoms with Gasteiger partial charge in [0, 0.05) is 6.54 Å². The smallest absolute Gasteiger partial charge is 0.305 e. The topological polar surface area (TPSA) is 12.0 Å². The number of aryl methyl sites for hydroxylation is 1. The number of thiophene rings is 1. The molecule has 74 valence electrons. The number of hydrogen-bond acceptors (Lipinski definition) is 2. The predicted molar refractivity (Wildman–Crippen MR) is 46.8 cm³/mol. The van der Waals surface area contributed by atoms with Gasteiger partial charge in [0.1, 0.15) is 0 Å². The van der Waals surface area contributed by atoms with Gasteiger partial charge in [-0.15, -0.1) is 0 Å². The van der Waals surface area contributed by atoms with Gasteiger partial charge in [0.2, 0.25) is 0 Å². The highest BCUT2D eigenvalue weighted by molar-refractivity contribution is 7.08. The first-order chi connectivity index (χ1) is 5.99. The van der Waals surface area contributed by atoms with E-state index in [1.165, 1.54) is 11.3 Å². The van der Waals surface area contributed by atoms with E-state index in [4.69, 9.17) is 0 Å². The molecule has 5 heteroatoms. The summed E-state index contributed by atoms with van der Waals surface area (Å²) in [4.78, 5) is 0. The van der Waals surface area contributed by atoms with Crippen LogP contribution < -0.4 is 5.32 Å². The van der Waals surface area contributed by atoms with E-state index in [1.807, 2.05) is 17.7 Å².